The number of likely N-dealkylation sites (tertiary alicyclic amines) is 1. The first-order valence-electron chi connectivity index (χ1n) is 11.7. The predicted molar refractivity (Wildman–Crippen MR) is 123 cm³/mol. The Hall–Kier alpha value is -3.64. The maximum absolute atomic E-state index is 12.7. The van der Waals surface area contributed by atoms with Crippen molar-refractivity contribution in [3.8, 4) is 11.8 Å². The van der Waals surface area contributed by atoms with Crippen LogP contribution in [0.2, 0.25) is 0 Å². The van der Waals surface area contributed by atoms with Gasteiger partial charge in [-0.05, 0) is 48.1 Å². The van der Waals surface area contributed by atoms with E-state index in [9.17, 15) is 14.9 Å². The van der Waals surface area contributed by atoms with E-state index in [1.165, 1.54) is 11.1 Å². The number of piperidine rings is 1. The molecule has 6 rings (SSSR count). The maximum atomic E-state index is 12.7. The highest BCUT2D eigenvalue weighted by Crippen LogP contribution is 2.38. The summed E-state index contributed by atoms with van der Waals surface area (Å²) in [6, 6.07) is 11.8. The summed E-state index contributed by atoms with van der Waals surface area (Å²) >= 11 is 0. The normalized spacial score (nSPS) is 23.0. The fraction of sp³-hybridized carbons (Fsp3) is 0.440. The zero-order valence-electron chi connectivity index (χ0n) is 18.7. The number of benzene rings is 1. The molecule has 3 aliphatic heterocycles. The van der Waals surface area contributed by atoms with Crippen LogP contribution in [0.4, 0.5) is 16.4 Å². The van der Waals surface area contributed by atoms with Gasteiger partial charge in [0.2, 0.25) is 0 Å². The lowest BCUT2D eigenvalue weighted by Crippen LogP contribution is -2.48. The fourth-order valence-electron chi connectivity index (χ4n) is 5.64. The Morgan fingerprint density at radius 2 is 2.03 bits per heavy atom. The molecule has 1 aliphatic carbocycles. The number of hydrogen-bond acceptors (Lipinski definition) is 7. The molecule has 1 spiro atoms. The lowest BCUT2D eigenvalue weighted by Gasteiger charge is -2.38. The number of rotatable bonds is 3. The van der Waals surface area contributed by atoms with Crippen LogP contribution in [0.25, 0.3) is 0 Å². The number of nitriles is 1. The van der Waals surface area contributed by atoms with Crippen LogP contribution in [0.3, 0.4) is 0 Å². The molecule has 2 aromatic rings. The van der Waals surface area contributed by atoms with Gasteiger partial charge in [0.25, 0.3) is 5.91 Å². The Labute approximate surface area is 197 Å². The second kappa shape index (κ2) is 7.99. The molecule has 1 atom stereocenters. The molecular weight excluding hydrogens is 434 g/mol. The lowest BCUT2D eigenvalue weighted by atomic mass is 9.90. The maximum Gasteiger partial charge on any atom is 0.416 e. The average Bonchev–Trinajstić information content (AvgIpc) is 3.40. The van der Waals surface area contributed by atoms with Crippen LogP contribution >= 0.6 is 0 Å². The van der Waals surface area contributed by atoms with Gasteiger partial charge in [-0.2, -0.15) is 5.26 Å². The van der Waals surface area contributed by atoms with Gasteiger partial charge in [0, 0.05) is 32.5 Å². The summed E-state index contributed by atoms with van der Waals surface area (Å²) in [5.41, 5.74) is 2.80. The van der Waals surface area contributed by atoms with Crippen LogP contribution in [0.15, 0.2) is 30.3 Å². The van der Waals surface area contributed by atoms with Gasteiger partial charge in [-0.15, -0.1) is 0 Å². The van der Waals surface area contributed by atoms with Crippen molar-refractivity contribution < 1.29 is 19.1 Å². The minimum absolute atomic E-state index is 0.0359. The topological polar surface area (TPSA) is 108 Å². The zero-order valence-corrected chi connectivity index (χ0v) is 18.7. The van der Waals surface area contributed by atoms with Crippen molar-refractivity contribution in [2.45, 2.75) is 31.3 Å². The smallest absolute Gasteiger partial charge is 0.416 e. The van der Waals surface area contributed by atoms with E-state index in [4.69, 9.17) is 9.47 Å². The summed E-state index contributed by atoms with van der Waals surface area (Å²) in [6.45, 7) is 3.12. The number of amides is 2. The molecular formula is C25H25N5O4. The number of ether oxygens (including phenoxy) is 2. The second-order valence-corrected chi connectivity index (χ2v) is 9.62. The van der Waals surface area contributed by atoms with Crippen LogP contribution in [0.1, 0.15) is 29.5 Å². The van der Waals surface area contributed by atoms with Gasteiger partial charge in [-0.3, -0.25) is 9.69 Å². The summed E-state index contributed by atoms with van der Waals surface area (Å²) in [7, 11) is 0. The Bertz CT molecular complexity index is 1210. The van der Waals surface area contributed by atoms with E-state index >= 15 is 0 Å². The number of anilines is 2. The summed E-state index contributed by atoms with van der Waals surface area (Å²) in [5, 5.41) is 12.1. The fourth-order valence-corrected chi connectivity index (χ4v) is 5.64. The van der Waals surface area contributed by atoms with Crippen LogP contribution in [-0.2, 0) is 22.4 Å². The molecule has 4 aliphatic rings. The molecule has 2 saturated heterocycles. The third kappa shape index (κ3) is 3.64. The molecule has 2 amide bonds. The molecule has 0 radical (unpaired) electrons. The van der Waals surface area contributed by atoms with Crippen LogP contribution in [0.5, 0.6) is 5.75 Å². The minimum atomic E-state index is -0.516. The lowest BCUT2D eigenvalue weighted by molar-refractivity contribution is -0.118. The summed E-state index contributed by atoms with van der Waals surface area (Å²) in [5.74, 6) is 1.52. The molecule has 1 aromatic heterocycles. The van der Waals surface area contributed by atoms with Gasteiger partial charge in [-0.1, -0.05) is 12.1 Å². The van der Waals surface area contributed by atoms with E-state index < -0.39 is 11.7 Å². The van der Waals surface area contributed by atoms with Crippen molar-refractivity contribution in [2.24, 2.45) is 5.92 Å². The molecule has 1 N–H and O–H groups in total. The van der Waals surface area contributed by atoms with E-state index in [0.717, 1.165) is 50.9 Å². The zero-order chi connectivity index (χ0) is 23.3. The predicted octanol–water partition coefficient (Wildman–Crippen LogP) is 2.49. The highest BCUT2D eigenvalue weighted by Gasteiger charge is 2.48. The first-order valence-corrected chi connectivity index (χ1v) is 11.7. The Balaban J connectivity index is 1.08. The number of aromatic nitrogens is 1. The Morgan fingerprint density at radius 3 is 2.85 bits per heavy atom. The molecule has 174 valence electrons. The molecule has 2 fully saturated rings. The summed E-state index contributed by atoms with van der Waals surface area (Å²) in [4.78, 5) is 32.8. The highest BCUT2D eigenvalue weighted by atomic mass is 16.6. The van der Waals surface area contributed by atoms with Crippen molar-refractivity contribution in [2.75, 3.05) is 43.0 Å². The highest BCUT2D eigenvalue weighted by molar-refractivity contribution is 5.95. The number of nitrogens with one attached hydrogen (secondary N) is 1. The van der Waals surface area contributed by atoms with Gasteiger partial charge in [0.15, 0.2) is 18.2 Å². The SMILES string of the molecule is N#Cc1cccc2c1CC(CN1CCC3(CC1)CN(c1ccc4c(n1)NC(=O)CO4)C(=O)O3)C2. The molecule has 0 bridgehead atoms. The van der Waals surface area contributed by atoms with Crippen LogP contribution in [0, 0.1) is 17.2 Å². The summed E-state index contributed by atoms with van der Waals surface area (Å²) in [6.07, 6.45) is 3.10. The van der Waals surface area contributed by atoms with Crippen molar-refractivity contribution in [1.82, 2.24) is 9.88 Å². The van der Waals surface area contributed by atoms with Crippen molar-refractivity contribution >= 4 is 23.6 Å². The standard InChI is InChI=1S/C25H25N5O4/c26-12-18-3-1-2-17-10-16(11-19(17)18)13-29-8-6-25(7-9-29)15-30(24(32)34-25)21-5-4-20-23(27-21)28-22(31)14-33-20/h1-5,16H,6-11,13-15H2,(H,27,28,31). The van der Waals surface area contributed by atoms with E-state index in [2.05, 4.69) is 27.3 Å². The summed E-state index contributed by atoms with van der Waals surface area (Å²) < 4.78 is 11.2. The van der Waals surface area contributed by atoms with Crippen LogP contribution in [-0.4, -0.2) is 60.3 Å². The van der Waals surface area contributed by atoms with Gasteiger partial charge in [-0.25, -0.2) is 9.78 Å². The van der Waals surface area contributed by atoms with Gasteiger partial charge >= 0.3 is 6.09 Å². The largest absolute Gasteiger partial charge is 0.480 e. The van der Waals surface area contributed by atoms with Crippen molar-refractivity contribution in [3.05, 3.63) is 47.0 Å². The molecule has 9 heteroatoms. The molecule has 0 saturated carbocycles. The molecule has 1 unspecified atom stereocenters. The van der Waals surface area contributed by atoms with Crippen LogP contribution < -0.4 is 15.0 Å². The van der Waals surface area contributed by atoms with Crippen molar-refractivity contribution in [1.29, 1.82) is 5.26 Å². The number of carbonyl (C=O) groups excluding carboxylic acids is 2. The quantitative estimate of drug-likeness (QED) is 0.751. The van der Waals surface area contributed by atoms with E-state index in [1.807, 2.05) is 12.1 Å². The van der Waals surface area contributed by atoms with E-state index in [-0.39, 0.29) is 12.5 Å². The third-order valence-electron chi connectivity index (χ3n) is 7.39. The molecule has 9 nitrogen and oxygen atoms in total. The number of fused-ring (bicyclic) bond motifs is 2. The Kier molecular flexibility index (Phi) is 4.92. The molecule has 34 heavy (non-hydrogen) atoms. The first kappa shape index (κ1) is 20.9. The molecule has 1 aromatic carbocycles. The first-order chi connectivity index (χ1) is 16.5. The van der Waals surface area contributed by atoms with Crippen molar-refractivity contribution in [3.63, 3.8) is 0 Å². The van der Waals surface area contributed by atoms with Gasteiger partial charge in [0.05, 0.1) is 18.2 Å². The number of nitrogens with zero attached hydrogens (tertiary/aromatic N) is 4. The Morgan fingerprint density at radius 1 is 1.18 bits per heavy atom. The van der Waals surface area contributed by atoms with Gasteiger partial charge in [0.1, 0.15) is 11.4 Å². The second-order valence-electron chi connectivity index (χ2n) is 9.62. The monoisotopic (exact) mass is 459 g/mol. The minimum Gasteiger partial charge on any atom is -0.480 e. The van der Waals surface area contributed by atoms with Gasteiger partial charge < -0.3 is 19.7 Å². The van der Waals surface area contributed by atoms with E-state index in [1.54, 1.807) is 17.0 Å². The average molecular weight is 460 g/mol. The number of carbonyl (C=O) groups is 2. The van der Waals surface area contributed by atoms with E-state index in [0.29, 0.717) is 29.8 Å². The third-order valence-corrected chi connectivity index (χ3v) is 7.39. The molecule has 4 heterocycles. The number of pyridine rings is 1. The number of hydrogen-bond donors (Lipinski definition) is 1.